The molecule has 3 aromatic heterocycles. The lowest BCUT2D eigenvalue weighted by molar-refractivity contribution is 0.669. The van der Waals surface area contributed by atoms with E-state index >= 15 is 0 Å². The lowest BCUT2D eigenvalue weighted by atomic mass is 9.90. The molecule has 0 atom stereocenters. The van der Waals surface area contributed by atoms with Gasteiger partial charge in [0.05, 0.1) is 11.4 Å². The summed E-state index contributed by atoms with van der Waals surface area (Å²) in [7, 11) is 0. The van der Waals surface area contributed by atoms with Crippen LogP contribution in [0.2, 0.25) is 0 Å². The van der Waals surface area contributed by atoms with E-state index in [2.05, 4.69) is 133 Å². The van der Waals surface area contributed by atoms with Crippen LogP contribution in [0.15, 0.2) is 179 Å². The summed E-state index contributed by atoms with van der Waals surface area (Å²) in [4.78, 5) is 10.9. The topological polar surface area (TPSA) is 52.1 Å². The van der Waals surface area contributed by atoms with E-state index in [0.29, 0.717) is 5.82 Å². The molecule has 0 aliphatic rings. The fourth-order valence-electron chi connectivity index (χ4n) is 7.93. The quantitative estimate of drug-likeness (QED) is 0.188. The number of para-hydroxylation sites is 4. The third-order valence-corrected chi connectivity index (χ3v) is 10.3. The van der Waals surface area contributed by atoms with Crippen LogP contribution in [0.1, 0.15) is 0 Å². The average Bonchev–Trinajstić information content (AvgIpc) is 3.79. The largest absolute Gasteiger partial charge is 0.455 e. The average molecular weight is 665 g/mol. The van der Waals surface area contributed by atoms with Crippen LogP contribution >= 0.6 is 0 Å². The molecule has 11 rings (SSSR count). The molecule has 11 aromatic rings. The zero-order chi connectivity index (χ0) is 34.2. The first-order chi connectivity index (χ1) is 25.8. The van der Waals surface area contributed by atoms with Gasteiger partial charge in [-0.1, -0.05) is 140 Å². The van der Waals surface area contributed by atoms with Crippen LogP contribution in [-0.2, 0) is 0 Å². The third-order valence-electron chi connectivity index (χ3n) is 10.3. The van der Waals surface area contributed by atoms with Crippen LogP contribution in [0.3, 0.4) is 0 Å². The van der Waals surface area contributed by atoms with Crippen LogP contribution in [0.5, 0.6) is 0 Å². The van der Waals surface area contributed by atoms with Gasteiger partial charge in [0.25, 0.3) is 0 Å². The van der Waals surface area contributed by atoms with Gasteiger partial charge in [0, 0.05) is 38.2 Å². The second-order valence-corrected chi connectivity index (χ2v) is 13.3. The Morgan fingerprint density at radius 1 is 0.327 bits per heavy atom. The van der Waals surface area contributed by atoms with E-state index in [1.54, 1.807) is 0 Å². The van der Waals surface area contributed by atoms with E-state index in [-0.39, 0.29) is 0 Å². The van der Waals surface area contributed by atoms with Crippen molar-refractivity contribution in [2.24, 2.45) is 0 Å². The minimum Gasteiger partial charge on any atom is -0.455 e. The van der Waals surface area contributed by atoms with E-state index in [0.717, 1.165) is 93.9 Å². The van der Waals surface area contributed by atoms with Crippen molar-refractivity contribution in [1.82, 2.24) is 9.97 Å². The normalized spacial score (nSPS) is 11.8. The molecule has 0 radical (unpaired) electrons. The van der Waals surface area contributed by atoms with Crippen molar-refractivity contribution in [1.29, 1.82) is 0 Å². The Kier molecular flexibility index (Phi) is 6.22. The fraction of sp³-hybridized carbons (Fsp3) is 0. The smallest absolute Gasteiger partial charge is 0.161 e. The summed E-state index contributed by atoms with van der Waals surface area (Å²) in [5.74, 6) is 0.633. The summed E-state index contributed by atoms with van der Waals surface area (Å²) in [6.07, 6.45) is 0. The first-order valence-electron chi connectivity index (χ1n) is 17.5. The standard InChI is InChI=1S/C48H28N2O2/c1-3-15-31-29(12-1)14-9-19-33(31)36-27-26-30-13-2-4-16-32(30)45(36)48-49-41(39-22-10-20-37-34-17-5-7-24-43(34)51-46(37)39)28-42(50-48)40-23-11-21-38-35-18-6-8-25-44(35)52-47(38)40/h1-28H. The zero-order valence-electron chi connectivity index (χ0n) is 27.9. The molecule has 4 nitrogen and oxygen atoms in total. The molecule has 0 aliphatic carbocycles. The second-order valence-electron chi connectivity index (χ2n) is 13.3. The van der Waals surface area contributed by atoms with Crippen LogP contribution in [0.25, 0.3) is 110 Å². The second kappa shape index (κ2) is 11.2. The molecule has 0 bridgehead atoms. The first kappa shape index (κ1) is 28.8. The Hall–Kier alpha value is -7.04. The van der Waals surface area contributed by atoms with Gasteiger partial charge in [-0.3, -0.25) is 0 Å². The van der Waals surface area contributed by atoms with E-state index in [9.17, 15) is 0 Å². The van der Waals surface area contributed by atoms with E-state index in [1.165, 1.54) is 10.8 Å². The lowest BCUT2D eigenvalue weighted by Crippen LogP contribution is -1.99. The molecule has 4 heteroatoms. The summed E-state index contributed by atoms with van der Waals surface area (Å²) >= 11 is 0. The number of hydrogen-bond acceptors (Lipinski definition) is 4. The SMILES string of the molecule is c1ccc2c(-c3ccc4ccccc4c3-c3nc(-c4cccc5c4oc4ccccc45)cc(-c4cccc5c4oc4ccccc45)n3)cccc2c1. The third kappa shape index (κ3) is 4.34. The summed E-state index contributed by atoms with van der Waals surface area (Å²) in [5, 5.41) is 8.82. The molecule has 0 amide bonds. The summed E-state index contributed by atoms with van der Waals surface area (Å²) in [6, 6.07) is 59.0. The molecule has 0 saturated carbocycles. The number of furan rings is 2. The van der Waals surface area contributed by atoms with E-state index < -0.39 is 0 Å². The van der Waals surface area contributed by atoms with Gasteiger partial charge in [0.2, 0.25) is 0 Å². The van der Waals surface area contributed by atoms with Crippen molar-refractivity contribution >= 4 is 65.4 Å². The van der Waals surface area contributed by atoms with Crippen molar-refractivity contribution < 1.29 is 8.83 Å². The van der Waals surface area contributed by atoms with E-state index in [4.69, 9.17) is 18.8 Å². The molecule has 0 saturated heterocycles. The highest BCUT2D eigenvalue weighted by atomic mass is 16.3. The molecular weight excluding hydrogens is 637 g/mol. The number of nitrogens with zero attached hydrogens (tertiary/aromatic N) is 2. The maximum absolute atomic E-state index is 6.57. The highest BCUT2D eigenvalue weighted by molar-refractivity contribution is 6.12. The molecule has 0 N–H and O–H groups in total. The number of fused-ring (bicyclic) bond motifs is 8. The highest BCUT2D eigenvalue weighted by Crippen LogP contribution is 2.43. The molecule has 242 valence electrons. The summed E-state index contributed by atoms with van der Waals surface area (Å²) in [5.41, 5.74) is 9.83. The van der Waals surface area contributed by atoms with Crippen LogP contribution in [0, 0.1) is 0 Å². The van der Waals surface area contributed by atoms with Crippen LogP contribution in [-0.4, -0.2) is 9.97 Å². The van der Waals surface area contributed by atoms with Crippen molar-refractivity contribution in [3.05, 3.63) is 170 Å². The lowest BCUT2D eigenvalue weighted by Gasteiger charge is -2.16. The number of benzene rings is 8. The van der Waals surface area contributed by atoms with Gasteiger partial charge in [0.15, 0.2) is 5.82 Å². The summed E-state index contributed by atoms with van der Waals surface area (Å²) in [6.45, 7) is 0. The molecule has 8 aromatic carbocycles. The van der Waals surface area contributed by atoms with Gasteiger partial charge in [0.1, 0.15) is 22.3 Å². The molecule has 0 spiro atoms. The van der Waals surface area contributed by atoms with Gasteiger partial charge in [-0.15, -0.1) is 0 Å². The predicted octanol–water partition coefficient (Wildman–Crippen LogP) is 13.2. The first-order valence-corrected chi connectivity index (χ1v) is 17.5. The maximum Gasteiger partial charge on any atom is 0.161 e. The van der Waals surface area contributed by atoms with Crippen LogP contribution < -0.4 is 0 Å². The van der Waals surface area contributed by atoms with Crippen molar-refractivity contribution in [2.45, 2.75) is 0 Å². The van der Waals surface area contributed by atoms with Gasteiger partial charge in [-0.2, -0.15) is 0 Å². The van der Waals surface area contributed by atoms with Crippen molar-refractivity contribution in [3.63, 3.8) is 0 Å². The monoisotopic (exact) mass is 664 g/mol. The van der Waals surface area contributed by atoms with Crippen molar-refractivity contribution in [3.8, 4) is 45.0 Å². The Morgan fingerprint density at radius 2 is 0.788 bits per heavy atom. The minimum atomic E-state index is 0.633. The fourth-order valence-corrected chi connectivity index (χ4v) is 7.93. The van der Waals surface area contributed by atoms with Crippen LogP contribution in [0.4, 0.5) is 0 Å². The molecule has 3 heterocycles. The molecule has 52 heavy (non-hydrogen) atoms. The van der Waals surface area contributed by atoms with Gasteiger partial charge >= 0.3 is 0 Å². The maximum atomic E-state index is 6.57. The predicted molar refractivity (Wildman–Crippen MR) is 213 cm³/mol. The number of hydrogen-bond donors (Lipinski definition) is 0. The Labute approximate surface area is 298 Å². The van der Waals surface area contributed by atoms with Gasteiger partial charge < -0.3 is 8.83 Å². The Morgan fingerprint density at radius 3 is 1.42 bits per heavy atom. The Balaban J connectivity index is 1.26. The van der Waals surface area contributed by atoms with Crippen molar-refractivity contribution in [2.75, 3.05) is 0 Å². The number of aromatic nitrogens is 2. The van der Waals surface area contributed by atoms with E-state index in [1.807, 2.05) is 36.4 Å². The van der Waals surface area contributed by atoms with Gasteiger partial charge in [-0.05, 0) is 63.0 Å². The molecule has 0 unspecified atom stereocenters. The molecule has 0 fully saturated rings. The highest BCUT2D eigenvalue weighted by Gasteiger charge is 2.22. The Bertz CT molecular complexity index is 3070. The number of rotatable bonds is 4. The van der Waals surface area contributed by atoms with Gasteiger partial charge in [-0.25, -0.2) is 9.97 Å². The minimum absolute atomic E-state index is 0.633. The zero-order valence-corrected chi connectivity index (χ0v) is 27.9. The molecular formula is C48H28N2O2. The summed E-state index contributed by atoms with van der Waals surface area (Å²) < 4.78 is 13.1. The molecule has 0 aliphatic heterocycles.